The number of anilines is 1. The Morgan fingerprint density at radius 2 is 2.05 bits per heavy atom. The molecule has 1 aliphatic carbocycles. The van der Waals surface area contributed by atoms with Gasteiger partial charge in [0.1, 0.15) is 0 Å². The van der Waals surface area contributed by atoms with Crippen molar-refractivity contribution < 1.29 is 13.2 Å². The summed E-state index contributed by atoms with van der Waals surface area (Å²) in [5.74, 6) is 0.159. The monoisotopic (exact) mass is 308 g/mol. The molecular weight excluding hydrogens is 288 g/mol. The van der Waals surface area contributed by atoms with Gasteiger partial charge in [-0.15, -0.1) is 0 Å². The molecule has 21 heavy (non-hydrogen) atoms. The molecule has 6 heteroatoms. The number of amides is 1. The van der Waals surface area contributed by atoms with E-state index in [1.165, 1.54) is 0 Å². The predicted octanol–water partition coefficient (Wildman–Crippen LogP) is 1.57. The molecule has 0 radical (unpaired) electrons. The molecular formula is C15H20N2O3S. The minimum absolute atomic E-state index is 0.159. The summed E-state index contributed by atoms with van der Waals surface area (Å²) in [5, 5.41) is -0.191. The van der Waals surface area contributed by atoms with Crippen LogP contribution in [0.1, 0.15) is 37.3 Å². The summed E-state index contributed by atoms with van der Waals surface area (Å²) in [4.78, 5) is 13.6. The fourth-order valence-corrected chi connectivity index (χ4v) is 4.11. The van der Waals surface area contributed by atoms with Crippen LogP contribution in [0.25, 0.3) is 0 Å². The highest BCUT2D eigenvalue weighted by Crippen LogP contribution is 2.30. The fraction of sp³-hybridized carbons (Fsp3) is 0.533. The van der Waals surface area contributed by atoms with E-state index in [1.54, 1.807) is 4.90 Å². The van der Waals surface area contributed by atoms with Gasteiger partial charge >= 0.3 is 0 Å². The molecule has 1 heterocycles. The van der Waals surface area contributed by atoms with E-state index < -0.39 is 10.0 Å². The van der Waals surface area contributed by atoms with E-state index in [2.05, 4.69) is 4.72 Å². The zero-order valence-corrected chi connectivity index (χ0v) is 12.9. The number of hydrogen-bond donors (Lipinski definition) is 1. The number of aryl methyl sites for hydroxylation is 1. The van der Waals surface area contributed by atoms with E-state index in [4.69, 9.17) is 0 Å². The molecule has 0 atom stereocenters. The maximum Gasteiger partial charge on any atom is 0.227 e. The van der Waals surface area contributed by atoms with Gasteiger partial charge in [-0.3, -0.25) is 4.79 Å². The Morgan fingerprint density at radius 3 is 2.71 bits per heavy atom. The summed E-state index contributed by atoms with van der Waals surface area (Å²) in [6.45, 7) is 2.95. The van der Waals surface area contributed by atoms with E-state index in [1.807, 2.05) is 25.1 Å². The number of sulfonamides is 1. The molecule has 0 spiro atoms. The van der Waals surface area contributed by atoms with Gasteiger partial charge in [-0.25, -0.2) is 13.1 Å². The van der Waals surface area contributed by atoms with E-state index in [-0.39, 0.29) is 11.2 Å². The number of carbonyl (C=O) groups is 1. The number of nitrogens with one attached hydrogen (secondary N) is 1. The van der Waals surface area contributed by atoms with Crippen molar-refractivity contribution in [3.05, 3.63) is 29.3 Å². The Balaban J connectivity index is 1.75. The van der Waals surface area contributed by atoms with Gasteiger partial charge in [0, 0.05) is 25.2 Å². The molecule has 0 bridgehead atoms. The maximum atomic E-state index is 11.8. The Bertz CT molecular complexity index is 665. The van der Waals surface area contributed by atoms with Gasteiger partial charge < -0.3 is 4.90 Å². The lowest BCUT2D eigenvalue weighted by Crippen LogP contribution is -2.35. The van der Waals surface area contributed by atoms with Crippen LogP contribution in [0, 0.1) is 0 Å². The highest BCUT2D eigenvalue weighted by molar-refractivity contribution is 7.90. The van der Waals surface area contributed by atoms with Crippen molar-refractivity contribution in [2.45, 2.75) is 44.4 Å². The Kier molecular flexibility index (Phi) is 3.75. The molecule has 0 aromatic heterocycles. The highest BCUT2D eigenvalue weighted by atomic mass is 32.2. The van der Waals surface area contributed by atoms with Crippen molar-refractivity contribution in [2.75, 3.05) is 11.4 Å². The summed E-state index contributed by atoms with van der Waals surface area (Å²) in [5.41, 5.74) is 3.03. The molecule has 3 rings (SSSR count). The van der Waals surface area contributed by atoms with Crippen LogP contribution < -0.4 is 9.62 Å². The number of hydrogen-bond acceptors (Lipinski definition) is 3. The maximum absolute atomic E-state index is 11.8. The van der Waals surface area contributed by atoms with E-state index in [0.29, 0.717) is 19.5 Å². The van der Waals surface area contributed by atoms with Gasteiger partial charge in [-0.05, 0) is 43.4 Å². The topological polar surface area (TPSA) is 66.5 Å². The molecule has 1 aliphatic heterocycles. The molecule has 0 saturated heterocycles. The van der Waals surface area contributed by atoms with Crippen LogP contribution in [0.15, 0.2) is 18.2 Å². The van der Waals surface area contributed by atoms with Crippen LogP contribution in [-0.2, 0) is 27.8 Å². The van der Waals surface area contributed by atoms with Crippen LogP contribution in [0.2, 0.25) is 0 Å². The second kappa shape index (κ2) is 5.42. The molecule has 1 saturated carbocycles. The summed E-state index contributed by atoms with van der Waals surface area (Å²) in [7, 11) is -3.15. The van der Waals surface area contributed by atoms with Crippen molar-refractivity contribution in [3.8, 4) is 0 Å². The molecule has 5 nitrogen and oxygen atoms in total. The summed E-state index contributed by atoms with van der Waals surface area (Å²) in [6, 6.07) is 5.84. The third-order valence-corrected chi connectivity index (χ3v) is 6.00. The third kappa shape index (κ3) is 2.96. The van der Waals surface area contributed by atoms with Crippen molar-refractivity contribution >= 4 is 21.6 Å². The molecule has 1 aromatic carbocycles. The lowest BCUT2D eigenvalue weighted by Gasteiger charge is -2.28. The van der Waals surface area contributed by atoms with Gasteiger partial charge in [0.25, 0.3) is 0 Å². The van der Waals surface area contributed by atoms with Crippen molar-refractivity contribution in [2.24, 2.45) is 0 Å². The van der Waals surface area contributed by atoms with Gasteiger partial charge in [-0.1, -0.05) is 12.1 Å². The first-order valence-electron chi connectivity index (χ1n) is 7.42. The summed E-state index contributed by atoms with van der Waals surface area (Å²) >= 11 is 0. The normalized spacial score (nSPS) is 18.7. The molecule has 114 valence electrons. The smallest absolute Gasteiger partial charge is 0.227 e. The summed E-state index contributed by atoms with van der Waals surface area (Å²) in [6.07, 6.45) is 2.80. The molecule has 1 N–H and O–H groups in total. The Labute approximate surface area is 125 Å². The quantitative estimate of drug-likeness (QED) is 0.898. The Morgan fingerprint density at radius 1 is 1.29 bits per heavy atom. The van der Waals surface area contributed by atoms with Crippen LogP contribution in [-0.4, -0.2) is 26.1 Å². The van der Waals surface area contributed by atoms with Crippen molar-refractivity contribution in [1.82, 2.24) is 4.72 Å². The van der Waals surface area contributed by atoms with E-state index >= 15 is 0 Å². The molecule has 1 fully saturated rings. The zero-order valence-electron chi connectivity index (χ0n) is 12.1. The lowest BCUT2D eigenvalue weighted by molar-refractivity contribution is -0.118. The molecule has 0 unspecified atom stereocenters. The van der Waals surface area contributed by atoms with Gasteiger partial charge in [0.15, 0.2) is 0 Å². The second-order valence-electron chi connectivity index (χ2n) is 5.67. The first-order chi connectivity index (χ1) is 10.0. The standard InChI is InChI=1S/C15H20N2O3S/c1-2-17-14-7-3-11(9-12(14)4-8-15(17)18)10-16-21(19,20)13-5-6-13/h3,7,9,13,16H,2,4-6,8,10H2,1H3. The average molecular weight is 308 g/mol. The highest BCUT2D eigenvalue weighted by Gasteiger charge is 2.35. The van der Waals surface area contributed by atoms with Gasteiger partial charge in [-0.2, -0.15) is 0 Å². The fourth-order valence-electron chi connectivity index (χ4n) is 2.75. The van der Waals surface area contributed by atoms with Crippen molar-refractivity contribution in [3.63, 3.8) is 0 Å². The Hall–Kier alpha value is -1.40. The SMILES string of the molecule is CCN1C(=O)CCc2cc(CNS(=O)(=O)C3CC3)ccc21. The number of carbonyl (C=O) groups excluding carboxylic acids is 1. The van der Waals surface area contributed by atoms with Crippen LogP contribution in [0.3, 0.4) is 0 Å². The van der Waals surface area contributed by atoms with Crippen LogP contribution >= 0.6 is 0 Å². The summed E-state index contributed by atoms with van der Waals surface area (Å²) < 4.78 is 26.3. The van der Waals surface area contributed by atoms with E-state index in [0.717, 1.165) is 36.1 Å². The predicted molar refractivity (Wildman–Crippen MR) is 81.6 cm³/mol. The lowest BCUT2D eigenvalue weighted by atomic mass is 9.99. The molecule has 1 amide bonds. The number of fused-ring (bicyclic) bond motifs is 1. The minimum Gasteiger partial charge on any atom is -0.312 e. The van der Waals surface area contributed by atoms with Crippen LogP contribution in [0.5, 0.6) is 0 Å². The average Bonchev–Trinajstić information content (AvgIpc) is 3.30. The first-order valence-corrected chi connectivity index (χ1v) is 8.96. The van der Waals surface area contributed by atoms with E-state index in [9.17, 15) is 13.2 Å². The second-order valence-corrected chi connectivity index (χ2v) is 7.71. The van der Waals surface area contributed by atoms with Gasteiger partial charge in [0.05, 0.1) is 5.25 Å². The first kappa shape index (κ1) is 14.5. The number of benzene rings is 1. The third-order valence-electron chi connectivity index (χ3n) is 4.10. The number of nitrogens with zero attached hydrogens (tertiary/aromatic N) is 1. The largest absolute Gasteiger partial charge is 0.312 e. The van der Waals surface area contributed by atoms with Crippen molar-refractivity contribution in [1.29, 1.82) is 0 Å². The van der Waals surface area contributed by atoms with Crippen LogP contribution in [0.4, 0.5) is 5.69 Å². The molecule has 1 aromatic rings. The number of rotatable bonds is 5. The molecule has 2 aliphatic rings. The minimum atomic E-state index is -3.15. The van der Waals surface area contributed by atoms with Gasteiger partial charge in [0.2, 0.25) is 15.9 Å². The zero-order chi connectivity index (χ0) is 15.0.